The van der Waals surface area contributed by atoms with Crippen molar-refractivity contribution in [3.63, 3.8) is 0 Å². The van der Waals surface area contributed by atoms with Crippen LogP contribution in [0.3, 0.4) is 0 Å². The molecule has 3 rings (SSSR count). The number of amidine groups is 2. The van der Waals surface area contributed by atoms with E-state index in [4.69, 9.17) is 15.2 Å². The Balaban J connectivity index is 1.62. The van der Waals surface area contributed by atoms with Crippen molar-refractivity contribution in [2.75, 3.05) is 24.4 Å². The summed E-state index contributed by atoms with van der Waals surface area (Å²) in [6, 6.07) is 15.6. The second-order valence-corrected chi connectivity index (χ2v) is 10.4. The standard InChI is InChI=1S/C31H32F3N7O5S/c1-4-45-30(44)36-16-25(42)46-18-47-29(40-26-19(2)6-5-7-20(26)3)41-28(43)39-24-12-8-21(9-13-24)27(35)38-17-37-23-14-10-22(11-15-23)31(32,33)34/h5-15,17H,4,16,18H2,1-3H3,(H,36,44)(H2,35,37,38)(H2,39,40,41,43). The van der Waals surface area contributed by atoms with Gasteiger partial charge in [0.15, 0.2) is 5.17 Å². The summed E-state index contributed by atoms with van der Waals surface area (Å²) in [6.07, 6.45) is -4.06. The lowest BCUT2D eigenvalue weighted by atomic mass is 10.1. The minimum absolute atomic E-state index is 0.0862. The van der Waals surface area contributed by atoms with Crippen LogP contribution >= 0.6 is 11.8 Å². The normalized spacial score (nSPS) is 12.0. The van der Waals surface area contributed by atoms with Gasteiger partial charge in [0.1, 0.15) is 24.7 Å². The number of nitrogens with one attached hydrogen (secondary N) is 3. The van der Waals surface area contributed by atoms with Crippen molar-refractivity contribution in [3.8, 4) is 0 Å². The molecule has 0 aliphatic heterocycles. The van der Waals surface area contributed by atoms with Crippen molar-refractivity contribution in [3.05, 3.63) is 89.0 Å². The van der Waals surface area contributed by atoms with Crippen LogP contribution in [0.5, 0.6) is 0 Å². The van der Waals surface area contributed by atoms with Crippen LogP contribution in [0.25, 0.3) is 0 Å². The van der Waals surface area contributed by atoms with Crippen LogP contribution in [0, 0.1) is 13.8 Å². The van der Waals surface area contributed by atoms with Crippen LogP contribution in [0.4, 0.5) is 39.8 Å². The predicted molar refractivity (Wildman–Crippen MR) is 176 cm³/mol. The molecule has 3 aromatic rings. The minimum atomic E-state index is -4.44. The molecule has 0 unspecified atom stereocenters. The van der Waals surface area contributed by atoms with Crippen molar-refractivity contribution < 1.29 is 37.0 Å². The highest BCUT2D eigenvalue weighted by atomic mass is 32.2. The fourth-order valence-electron chi connectivity index (χ4n) is 3.66. The molecule has 12 nitrogen and oxygen atoms in total. The average Bonchev–Trinajstić information content (AvgIpc) is 3.02. The second kappa shape index (κ2) is 17.4. The Hall–Kier alpha value is -5.38. The number of alkyl halides is 3. The highest BCUT2D eigenvalue weighted by molar-refractivity contribution is 8.13. The van der Waals surface area contributed by atoms with E-state index in [0.29, 0.717) is 16.9 Å². The van der Waals surface area contributed by atoms with E-state index in [2.05, 4.69) is 30.9 Å². The number of alkyl carbamates (subject to hydrolysis) is 1. The van der Waals surface area contributed by atoms with E-state index >= 15 is 0 Å². The molecule has 47 heavy (non-hydrogen) atoms. The molecule has 0 saturated carbocycles. The van der Waals surface area contributed by atoms with E-state index in [9.17, 15) is 27.6 Å². The van der Waals surface area contributed by atoms with Crippen molar-refractivity contribution in [2.45, 2.75) is 26.9 Å². The molecule has 0 atom stereocenters. The Morgan fingerprint density at radius 2 is 1.62 bits per heavy atom. The van der Waals surface area contributed by atoms with Gasteiger partial charge < -0.3 is 25.8 Å². The summed E-state index contributed by atoms with van der Waals surface area (Å²) in [5, 5.41) is 7.74. The third-order valence-corrected chi connectivity index (χ3v) is 6.68. The van der Waals surface area contributed by atoms with Gasteiger partial charge in [-0.05, 0) is 92.2 Å². The van der Waals surface area contributed by atoms with Gasteiger partial charge in [-0.15, -0.1) is 0 Å². The summed E-state index contributed by atoms with van der Waals surface area (Å²) in [4.78, 5) is 48.8. The molecular formula is C31H32F3N7O5S. The fourth-order valence-corrected chi connectivity index (χ4v) is 4.28. The Kier molecular flexibility index (Phi) is 13.3. The number of amides is 3. The summed E-state index contributed by atoms with van der Waals surface area (Å²) in [6.45, 7) is 5.13. The summed E-state index contributed by atoms with van der Waals surface area (Å²) in [7, 11) is 0. The quantitative estimate of drug-likeness (QED) is 0.0864. The predicted octanol–water partition coefficient (Wildman–Crippen LogP) is 6.18. The number of nitrogens with zero attached hydrogens (tertiary/aromatic N) is 3. The van der Waals surface area contributed by atoms with Crippen LogP contribution in [-0.2, 0) is 20.4 Å². The monoisotopic (exact) mass is 671 g/mol. The van der Waals surface area contributed by atoms with Gasteiger partial charge in [-0.1, -0.05) is 18.2 Å². The molecule has 0 radical (unpaired) electrons. The number of nitrogens with two attached hydrogens (primary N) is 1. The summed E-state index contributed by atoms with van der Waals surface area (Å²) in [5.74, 6) is -0.832. The van der Waals surface area contributed by atoms with Crippen LogP contribution in [-0.4, -0.2) is 54.5 Å². The average molecular weight is 672 g/mol. The zero-order valence-corrected chi connectivity index (χ0v) is 26.4. The van der Waals surface area contributed by atoms with Crippen LogP contribution in [0.15, 0.2) is 81.7 Å². The van der Waals surface area contributed by atoms with Gasteiger partial charge in [0.2, 0.25) is 0 Å². The van der Waals surface area contributed by atoms with Gasteiger partial charge in [-0.3, -0.25) is 10.1 Å². The van der Waals surface area contributed by atoms with Crippen LogP contribution in [0.2, 0.25) is 0 Å². The first-order valence-corrected chi connectivity index (χ1v) is 14.9. The number of hydrogen-bond acceptors (Lipinski definition) is 8. The molecule has 0 aromatic heterocycles. The van der Waals surface area contributed by atoms with Crippen molar-refractivity contribution in [1.29, 1.82) is 0 Å². The number of anilines is 1. The lowest BCUT2D eigenvalue weighted by Crippen LogP contribution is -2.33. The number of esters is 1. The number of aryl methyl sites for hydroxylation is 2. The third kappa shape index (κ3) is 12.1. The minimum Gasteiger partial charge on any atom is -0.453 e. The van der Waals surface area contributed by atoms with Crippen molar-refractivity contribution in [1.82, 2.24) is 10.6 Å². The van der Waals surface area contributed by atoms with Crippen LogP contribution < -0.4 is 21.7 Å². The fraction of sp³-hybridized carbons (Fsp3) is 0.226. The maximum absolute atomic E-state index is 12.9. The first kappa shape index (κ1) is 36.1. The molecular weight excluding hydrogens is 639 g/mol. The molecule has 0 aliphatic rings. The number of ether oxygens (including phenoxy) is 2. The van der Waals surface area contributed by atoms with Gasteiger partial charge in [0, 0.05) is 11.3 Å². The van der Waals surface area contributed by atoms with E-state index in [-0.39, 0.29) is 29.2 Å². The maximum Gasteiger partial charge on any atom is 0.416 e. The van der Waals surface area contributed by atoms with Crippen LogP contribution in [0.1, 0.15) is 29.2 Å². The zero-order chi connectivity index (χ0) is 34.4. The van der Waals surface area contributed by atoms with Gasteiger partial charge in [-0.25, -0.2) is 24.6 Å². The molecule has 0 bridgehead atoms. The zero-order valence-electron chi connectivity index (χ0n) is 25.6. The first-order valence-electron chi connectivity index (χ1n) is 13.9. The molecule has 248 valence electrons. The Morgan fingerprint density at radius 1 is 0.957 bits per heavy atom. The lowest BCUT2D eigenvalue weighted by molar-refractivity contribution is -0.140. The van der Waals surface area contributed by atoms with Gasteiger partial charge in [0.25, 0.3) is 0 Å². The van der Waals surface area contributed by atoms with Gasteiger partial charge in [-0.2, -0.15) is 13.2 Å². The van der Waals surface area contributed by atoms with E-state index in [1.54, 1.807) is 31.2 Å². The number of carbonyl (C=O) groups excluding carboxylic acids is 3. The molecule has 0 aliphatic carbocycles. The highest BCUT2D eigenvalue weighted by Crippen LogP contribution is 2.30. The summed E-state index contributed by atoms with van der Waals surface area (Å²) in [5.41, 5.74) is 8.75. The molecule has 0 spiro atoms. The lowest BCUT2D eigenvalue weighted by Gasteiger charge is -2.12. The number of rotatable bonds is 10. The molecule has 3 amide bonds. The van der Waals surface area contributed by atoms with Crippen molar-refractivity contribution >= 4 is 64.3 Å². The molecule has 5 N–H and O–H groups in total. The number of urea groups is 1. The number of thioether (sulfide) groups is 1. The Morgan fingerprint density at radius 3 is 2.23 bits per heavy atom. The summed E-state index contributed by atoms with van der Waals surface area (Å²) < 4.78 is 48.0. The Bertz CT molecular complexity index is 1620. The molecule has 0 saturated heterocycles. The third-order valence-electron chi connectivity index (χ3n) is 5.98. The smallest absolute Gasteiger partial charge is 0.416 e. The molecule has 0 fully saturated rings. The van der Waals surface area contributed by atoms with E-state index < -0.39 is 36.4 Å². The summed E-state index contributed by atoms with van der Waals surface area (Å²) >= 11 is 0.956. The largest absolute Gasteiger partial charge is 0.453 e. The number of para-hydroxylation sites is 1. The van der Waals surface area contributed by atoms with E-state index in [0.717, 1.165) is 41.4 Å². The molecule has 0 heterocycles. The molecule has 3 aromatic carbocycles. The van der Waals surface area contributed by atoms with E-state index in [1.807, 2.05) is 32.0 Å². The number of carbonyl (C=O) groups is 3. The SMILES string of the molecule is CCOC(=O)NCC(=O)OCSC(=Nc1c(C)cccc1C)NC(=O)Nc1ccc(C(N)=NC=Nc2ccc(C(F)(F)F)cc2)cc1. The number of hydrogen-bond donors (Lipinski definition) is 4. The van der Waals surface area contributed by atoms with Gasteiger partial charge >= 0.3 is 24.3 Å². The number of aliphatic imine (C=N–C) groups is 3. The first-order chi connectivity index (χ1) is 22.3. The topological polar surface area (TPSA) is 169 Å². The second-order valence-electron chi connectivity index (χ2n) is 9.47. The number of benzene rings is 3. The maximum atomic E-state index is 12.9. The molecule has 16 heteroatoms. The Labute approximate surface area is 272 Å². The van der Waals surface area contributed by atoms with E-state index in [1.165, 1.54) is 12.1 Å². The van der Waals surface area contributed by atoms with Crippen molar-refractivity contribution in [2.24, 2.45) is 20.7 Å². The number of halogens is 3. The van der Waals surface area contributed by atoms with Gasteiger partial charge in [0.05, 0.1) is 23.5 Å². The highest BCUT2D eigenvalue weighted by Gasteiger charge is 2.29.